The lowest BCUT2D eigenvalue weighted by atomic mass is 10.1. The first-order valence-electron chi connectivity index (χ1n) is 13.3. The van der Waals surface area contributed by atoms with Crippen molar-refractivity contribution in [3.05, 3.63) is 93.5 Å². The minimum absolute atomic E-state index is 0.0893. The highest BCUT2D eigenvalue weighted by atomic mass is 35.5. The van der Waals surface area contributed by atoms with Gasteiger partial charge < -0.3 is 9.47 Å². The van der Waals surface area contributed by atoms with E-state index in [9.17, 15) is 14.4 Å². The molecule has 0 aliphatic carbocycles. The summed E-state index contributed by atoms with van der Waals surface area (Å²) in [5, 5.41) is 5.00. The van der Waals surface area contributed by atoms with Gasteiger partial charge in [-0.3, -0.25) is 4.79 Å². The molecule has 0 aliphatic rings. The molecule has 3 rings (SSSR count). The van der Waals surface area contributed by atoms with Crippen molar-refractivity contribution in [2.75, 3.05) is 0 Å². The summed E-state index contributed by atoms with van der Waals surface area (Å²) in [4.78, 5) is 37.5. The lowest BCUT2D eigenvalue weighted by Crippen LogP contribution is -2.17. The van der Waals surface area contributed by atoms with E-state index in [4.69, 9.17) is 32.7 Å². The molecule has 0 aromatic heterocycles. The Morgan fingerprint density at radius 3 is 1.90 bits per heavy atom. The number of hydrazone groups is 1. The van der Waals surface area contributed by atoms with E-state index in [2.05, 4.69) is 17.5 Å². The molecule has 9 heteroatoms. The molecule has 3 aromatic carbocycles. The number of esters is 2. The molecule has 3 aromatic rings. The molecule has 1 amide bonds. The Morgan fingerprint density at radius 1 is 0.750 bits per heavy atom. The average Bonchev–Trinajstić information content (AvgIpc) is 2.94. The van der Waals surface area contributed by atoms with Crippen LogP contribution in [0.25, 0.3) is 0 Å². The standard InChI is InChI=1S/C31H32Cl2N2O5/c1-2-3-4-5-6-7-8-9-29(36)35-34-21-24-14-19-27(39-30(37)22-10-15-25(32)16-11-22)20-28(24)40-31(38)23-12-17-26(33)18-13-23/h10-21H,2-9H2,1H3,(H,35,36)/b34-21-. The van der Waals surface area contributed by atoms with Gasteiger partial charge in [-0.05, 0) is 67.1 Å². The van der Waals surface area contributed by atoms with Crippen LogP contribution in [0.1, 0.15) is 84.6 Å². The van der Waals surface area contributed by atoms with Crippen LogP contribution in [0.15, 0.2) is 71.8 Å². The van der Waals surface area contributed by atoms with Gasteiger partial charge in [-0.15, -0.1) is 0 Å². The van der Waals surface area contributed by atoms with Crippen molar-refractivity contribution in [2.24, 2.45) is 5.10 Å². The molecule has 0 atom stereocenters. The number of rotatable bonds is 14. The van der Waals surface area contributed by atoms with Gasteiger partial charge in [0, 0.05) is 28.1 Å². The minimum Gasteiger partial charge on any atom is -0.423 e. The zero-order valence-corrected chi connectivity index (χ0v) is 23.8. The van der Waals surface area contributed by atoms with Crippen LogP contribution in [0.5, 0.6) is 11.5 Å². The monoisotopic (exact) mass is 582 g/mol. The van der Waals surface area contributed by atoms with Crippen LogP contribution < -0.4 is 14.9 Å². The number of hydrogen-bond acceptors (Lipinski definition) is 6. The number of benzene rings is 3. The van der Waals surface area contributed by atoms with Gasteiger partial charge in [0.1, 0.15) is 11.5 Å². The predicted molar refractivity (Wildman–Crippen MR) is 158 cm³/mol. The van der Waals surface area contributed by atoms with E-state index >= 15 is 0 Å². The second-order valence-corrected chi connectivity index (χ2v) is 10.0. The second-order valence-electron chi connectivity index (χ2n) is 9.16. The number of amides is 1. The van der Waals surface area contributed by atoms with Gasteiger partial charge in [-0.2, -0.15) is 5.10 Å². The van der Waals surface area contributed by atoms with Crippen molar-refractivity contribution < 1.29 is 23.9 Å². The molecule has 0 unspecified atom stereocenters. The molecule has 0 aliphatic heterocycles. The zero-order chi connectivity index (χ0) is 28.7. The van der Waals surface area contributed by atoms with E-state index in [0.717, 1.165) is 19.3 Å². The number of carbonyl (C=O) groups is 3. The van der Waals surface area contributed by atoms with Crippen LogP contribution in [-0.2, 0) is 4.79 Å². The number of nitrogens with zero attached hydrogens (tertiary/aromatic N) is 1. The van der Waals surface area contributed by atoms with Crippen molar-refractivity contribution in [1.29, 1.82) is 0 Å². The fourth-order valence-corrected chi connectivity index (χ4v) is 3.99. The second kappa shape index (κ2) is 16.4. The number of halogens is 2. The van der Waals surface area contributed by atoms with Gasteiger partial charge in [0.05, 0.1) is 17.3 Å². The molecule has 210 valence electrons. The van der Waals surface area contributed by atoms with Crippen molar-refractivity contribution in [3.8, 4) is 11.5 Å². The SMILES string of the molecule is CCCCCCCCCC(=O)N/N=C\c1ccc(OC(=O)c2ccc(Cl)cc2)cc1OC(=O)c1ccc(Cl)cc1. The smallest absolute Gasteiger partial charge is 0.343 e. The Balaban J connectivity index is 1.67. The molecule has 40 heavy (non-hydrogen) atoms. The van der Waals surface area contributed by atoms with Gasteiger partial charge >= 0.3 is 11.9 Å². The first-order valence-corrected chi connectivity index (χ1v) is 14.0. The maximum atomic E-state index is 12.8. The Labute approximate surface area is 244 Å². The number of unbranched alkanes of at least 4 members (excludes halogenated alkanes) is 6. The van der Waals surface area contributed by atoms with E-state index in [0.29, 0.717) is 27.6 Å². The molecular formula is C31H32Cl2N2O5. The zero-order valence-electron chi connectivity index (χ0n) is 22.3. The number of nitrogens with one attached hydrogen (secondary N) is 1. The van der Waals surface area contributed by atoms with E-state index < -0.39 is 11.9 Å². The lowest BCUT2D eigenvalue weighted by molar-refractivity contribution is -0.121. The van der Waals surface area contributed by atoms with Crippen LogP contribution in [0, 0.1) is 0 Å². The summed E-state index contributed by atoms with van der Waals surface area (Å²) in [5.41, 5.74) is 3.49. The van der Waals surface area contributed by atoms with Crippen molar-refractivity contribution in [2.45, 2.75) is 58.3 Å². The topological polar surface area (TPSA) is 94.1 Å². The van der Waals surface area contributed by atoms with Crippen LogP contribution in [0.2, 0.25) is 10.0 Å². The normalized spacial score (nSPS) is 10.9. The van der Waals surface area contributed by atoms with Gasteiger partial charge in [-0.1, -0.05) is 68.7 Å². The fraction of sp³-hybridized carbons (Fsp3) is 0.290. The molecule has 0 bridgehead atoms. The quantitative estimate of drug-likeness (QED) is 0.0682. The van der Waals surface area contributed by atoms with E-state index in [1.165, 1.54) is 56.2 Å². The maximum absolute atomic E-state index is 12.8. The molecule has 0 heterocycles. The van der Waals surface area contributed by atoms with E-state index in [1.807, 2.05) is 0 Å². The summed E-state index contributed by atoms with van der Waals surface area (Å²) in [6, 6.07) is 17.0. The van der Waals surface area contributed by atoms with Gasteiger partial charge in [-0.25, -0.2) is 15.0 Å². The van der Waals surface area contributed by atoms with Crippen molar-refractivity contribution >= 4 is 47.3 Å². The van der Waals surface area contributed by atoms with Crippen LogP contribution in [-0.4, -0.2) is 24.1 Å². The first kappa shape index (κ1) is 30.9. The van der Waals surface area contributed by atoms with Crippen LogP contribution in [0.4, 0.5) is 0 Å². The molecule has 7 nitrogen and oxygen atoms in total. The summed E-state index contributed by atoms with van der Waals surface area (Å²) >= 11 is 11.8. The number of carbonyl (C=O) groups excluding carboxylic acids is 3. The molecule has 0 saturated heterocycles. The van der Waals surface area contributed by atoms with Crippen molar-refractivity contribution in [3.63, 3.8) is 0 Å². The lowest BCUT2D eigenvalue weighted by Gasteiger charge is -2.11. The molecule has 1 N–H and O–H groups in total. The van der Waals surface area contributed by atoms with Crippen LogP contribution in [0.3, 0.4) is 0 Å². The Morgan fingerprint density at radius 2 is 1.30 bits per heavy atom. The average molecular weight is 584 g/mol. The highest BCUT2D eigenvalue weighted by Crippen LogP contribution is 2.26. The Hall–Kier alpha value is -3.68. The molecular weight excluding hydrogens is 551 g/mol. The maximum Gasteiger partial charge on any atom is 0.343 e. The van der Waals surface area contributed by atoms with Crippen LogP contribution >= 0.6 is 23.2 Å². The Bertz CT molecular complexity index is 1310. The van der Waals surface area contributed by atoms with Gasteiger partial charge in [0.15, 0.2) is 0 Å². The summed E-state index contributed by atoms with van der Waals surface area (Å²) in [5.74, 6) is -1.20. The molecule has 0 spiro atoms. The molecule has 0 saturated carbocycles. The van der Waals surface area contributed by atoms with E-state index in [-0.39, 0.29) is 23.0 Å². The Kier molecular flexibility index (Phi) is 12.7. The van der Waals surface area contributed by atoms with E-state index in [1.54, 1.807) is 42.5 Å². The predicted octanol–water partition coefficient (Wildman–Crippen LogP) is 8.02. The molecule has 0 radical (unpaired) electrons. The summed E-state index contributed by atoms with van der Waals surface area (Å²) in [7, 11) is 0. The fourth-order valence-electron chi connectivity index (χ4n) is 3.74. The first-order chi connectivity index (χ1) is 19.4. The number of hydrogen-bond donors (Lipinski definition) is 1. The van der Waals surface area contributed by atoms with Crippen molar-refractivity contribution in [1.82, 2.24) is 5.43 Å². The van der Waals surface area contributed by atoms with Gasteiger partial charge in [0.2, 0.25) is 5.91 Å². The van der Waals surface area contributed by atoms with Gasteiger partial charge in [0.25, 0.3) is 0 Å². The largest absolute Gasteiger partial charge is 0.423 e. The third-order valence-corrected chi connectivity index (χ3v) is 6.46. The minimum atomic E-state index is -0.643. The highest BCUT2D eigenvalue weighted by Gasteiger charge is 2.15. The third-order valence-electron chi connectivity index (χ3n) is 5.96. The summed E-state index contributed by atoms with van der Waals surface area (Å²) in [6.07, 6.45) is 9.55. The molecule has 0 fully saturated rings. The third kappa shape index (κ3) is 10.5. The highest BCUT2D eigenvalue weighted by molar-refractivity contribution is 6.31. The number of ether oxygens (including phenoxy) is 2. The summed E-state index contributed by atoms with van der Waals surface area (Å²) in [6.45, 7) is 2.18. The summed E-state index contributed by atoms with van der Waals surface area (Å²) < 4.78 is 11.1.